The number of hydrogen-bond acceptors (Lipinski definition) is 1. The van der Waals surface area contributed by atoms with Crippen molar-refractivity contribution in [3.05, 3.63) is 77.6 Å². The maximum absolute atomic E-state index is 4.94. The minimum absolute atomic E-state index is 0.404. The van der Waals surface area contributed by atoms with Crippen molar-refractivity contribution in [2.45, 2.75) is 59.3 Å². The van der Waals surface area contributed by atoms with E-state index in [4.69, 9.17) is 5.10 Å². The van der Waals surface area contributed by atoms with Crippen molar-refractivity contribution >= 4 is 32.7 Å². The van der Waals surface area contributed by atoms with E-state index in [2.05, 4.69) is 111 Å². The predicted molar refractivity (Wildman–Crippen MR) is 153 cm³/mol. The van der Waals surface area contributed by atoms with E-state index in [1.165, 1.54) is 49.5 Å². The first-order chi connectivity index (χ1) is 17.3. The SMILES string of the molecule is CC(C)c1cc(-c2n[nH]c3c(-c4c[nH]c5ccc(C(C)C)cc45)cc(C(C)C)cc23)c2cc[nH]c2c1. The second-order valence-electron chi connectivity index (χ2n) is 11.0. The number of rotatable bonds is 5. The van der Waals surface area contributed by atoms with Crippen LogP contribution >= 0.6 is 0 Å². The fourth-order valence-corrected chi connectivity index (χ4v) is 5.33. The molecule has 0 aliphatic rings. The van der Waals surface area contributed by atoms with Gasteiger partial charge in [0.1, 0.15) is 5.69 Å². The highest BCUT2D eigenvalue weighted by Gasteiger charge is 2.20. The second-order valence-corrected chi connectivity index (χ2v) is 11.0. The summed E-state index contributed by atoms with van der Waals surface area (Å²) in [4.78, 5) is 6.93. The Morgan fingerprint density at radius 3 is 2.03 bits per heavy atom. The normalized spacial score (nSPS) is 12.4. The minimum Gasteiger partial charge on any atom is -0.361 e. The largest absolute Gasteiger partial charge is 0.361 e. The highest BCUT2D eigenvalue weighted by molar-refractivity contribution is 6.10. The van der Waals surface area contributed by atoms with Gasteiger partial charge in [-0.1, -0.05) is 47.6 Å². The van der Waals surface area contributed by atoms with Gasteiger partial charge in [0.05, 0.1) is 5.52 Å². The van der Waals surface area contributed by atoms with E-state index in [0.717, 1.165) is 22.2 Å². The summed E-state index contributed by atoms with van der Waals surface area (Å²) in [6, 6.07) is 18.2. The molecule has 0 spiro atoms. The molecule has 0 aliphatic heterocycles. The number of nitrogens with zero attached hydrogens (tertiary/aromatic N) is 1. The van der Waals surface area contributed by atoms with Gasteiger partial charge in [0.2, 0.25) is 0 Å². The van der Waals surface area contributed by atoms with Gasteiger partial charge < -0.3 is 9.97 Å². The van der Waals surface area contributed by atoms with Gasteiger partial charge in [0, 0.05) is 56.3 Å². The highest BCUT2D eigenvalue weighted by Crippen LogP contribution is 2.41. The van der Waals surface area contributed by atoms with E-state index in [9.17, 15) is 0 Å². The lowest BCUT2D eigenvalue weighted by Crippen LogP contribution is -1.92. The van der Waals surface area contributed by atoms with E-state index in [0.29, 0.717) is 17.8 Å². The Morgan fingerprint density at radius 2 is 1.28 bits per heavy atom. The summed E-state index contributed by atoms with van der Waals surface area (Å²) < 4.78 is 0. The molecule has 0 bridgehead atoms. The van der Waals surface area contributed by atoms with Gasteiger partial charge in [-0.05, 0) is 76.9 Å². The molecule has 3 aromatic heterocycles. The van der Waals surface area contributed by atoms with Crippen molar-refractivity contribution in [3.63, 3.8) is 0 Å². The predicted octanol–water partition coefficient (Wildman–Crippen LogP) is 9.23. The molecule has 6 aromatic rings. The fourth-order valence-electron chi connectivity index (χ4n) is 5.33. The zero-order valence-electron chi connectivity index (χ0n) is 22.0. The van der Waals surface area contributed by atoms with Crippen LogP contribution in [-0.2, 0) is 0 Å². The Morgan fingerprint density at radius 1 is 0.583 bits per heavy atom. The van der Waals surface area contributed by atoms with Gasteiger partial charge in [-0.25, -0.2) is 0 Å². The zero-order valence-corrected chi connectivity index (χ0v) is 22.0. The molecule has 4 nitrogen and oxygen atoms in total. The lowest BCUT2D eigenvalue weighted by molar-refractivity contribution is 0.868. The standard InChI is InChI=1S/C32H34N4/c1-17(2)20-7-8-29-24(11-20)28(16-34-29)26-12-21(18(3)4)14-27-31(35-36-32(26)27)25-13-22(19(5)6)15-30-23(25)9-10-33-30/h7-19,33-34H,1-6H3,(H,35,36). The molecular weight excluding hydrogens is 440 g/mol. The second kappa shape index (κ2) is 8.41. The molecule has 6 rings (SSSR count). The van der Waals surface area contributed by atoms with Crippen molar-refractivity contribution in [3.8, 4) is 22.4 Å². The Labute approximate surface area is 212 Å². The van der Waals surface area contributed by atoms with Crippen LogP contribution in [0, 0.1) is 0 Å². The minimum atomic E-state index is 0.404. The van der Waals surface area contributed by atoms with Crippen molar-refractivity contribution in [1.29, 1.82) is 0 Å². The molecule has 0 fully saturated rings. The summed E-state index contributed by atoms with van der Waals surface area (Å²) in [6.45, 7) is 13.5. The molecule has 0 unspecified atom stereocenters. The highest BCUT2D eigenvalue weighted by atomic mass is 15.1. The van der Waals surface area contributed by atoms with E-state index in [1.54, 1.807) is 0 Å². The monoisotopic (exact) mass is 474 g/mol. The molecule has 4 heteroatoms. The van der Waals surface area contributed by atoms with E-state index >= 15 is 0 Å². The van der Waals surface area contributed by atoms with Crippen molar-refractivity contribution in [2.24, 2.45) is 0 Å². The van der Waals surface area contributed by atoms with Gasteiger partial charge in [0.15, 0.2) is 0 Å². The number of aromatic amines is 3. The molecule has 3 heterocycles. The van der Waals surface area contributed by atoms with Crippen LogP contribution < -0.4 is 0 Å². The molecule has 0 saturated heterocycles. The first-order valence-electron chi connectivity index (χ1n) is 13.1. The zero-order chi connectivity index (χ0) is 25.1. The Hall–Kier alpha value is -3.79. The Balaban J connectivity index is 1.65. The summed E-state index contributed by atoms with van der Waals surface area (Å²) in [6.07, 6.45) is 4.17. The van der Waals surface area contributed by atoms with Gasteiger partial charge in [-0.2, -0.15) is 5.10 Å². The maximum atomic E-state index is 4.94. The van der Waals surface area contributed by atoms with E-state index < -0.39 is 0 Å². The number of aromatic nitrogens is 4. The van der Waals surface area contributed by atoms with Crippen LogP contribution in [0.5, 0.6) is 0 Å². The first kappa shape index (κ1) is 22.7. The van der Waals surface area contributed by atoms with Crippen LogP contribution in [0.2, 0.25) is 0 Å². The molecule has 3 aromatic carbocycles. The Bertz CT molecular complexity index is 1720. The smallest absolute Gasteiger partial charge is 0.101 e. The lowest BCUT2D eigenvalue weighted by Gasteiger charge is -2.12. The van der Waals surface area contributed by atoms with Crippen LogP contribution in [0.25, 0.3) is 55.1 Å². The average Bonchev–Trinajstić information content (AvgIpc) is 3.59. The van der Waals surface area contributed by atoms with Crippen LogP contribution in [0.4, 0.5) is 0 Å². The third-order valence-electron chi connectivity index (χ3n) is 7.64. The van der Waals surface area contributed by atoms with Crippen LogP contribution in [-0.4, -0.2) is 20.2 Å². The molecular formula is C32H34N4. The summed E-state index contributed by atoms with van der Waals surface area (Å²) in [7, 11) is 0. The molecule has 0 aliphatic carbocycles. The van der Waals surface area contributed by atoms with Crippen LogP contribution in [0.1, 0.15) is 76.0 Å². The first-order valence-corrected chi connectivity index (χ1v) is 13.1. The van der Waals surface area contributed by atoms with Crippen LogP contribution in [0.3, 0.4) is 0 Å². The molecule has 0 radical (unpaired) electrons. The summed E-state index contributed by atoms with van der Waals surface area (Å²) >= 11 is 0. The number of benzene rings is 3. The lowest BCUT2D eigenvalue weighted by atomic mass is 9.91. The number of nitrogens with one attached hydrogen (secondary N) is 3. The topological polar surface area (TPSA) is 60.3 Å². The van der Waals surface area contributed by atoms with Gasteiger partial charge in [-0.15, -0.1) is 0 Å². The van der Waals surface area contributed by atoms with Gasteiger partial charge in [-0.3, -0.25) is 5.10 Å². The third kappa shape index (κ3) is 3.55. The molecule has 0 amide bonds. The quantitative estimate of drug-likeness (QED) is 0.229. The number of H-pyrrole nitrogens is 3. The van der Waals surface area contributed by atoms with E-state index in [1.807, 2.05) is 6.20 Å². The molecule has 0 atom stereocenters. The number of fused-ring (bicyclic) bond motifs is 3. The molecule has 182 valence electrons. The summed E-state index contributed by atoms with van der Waals surface area (Å²) in [5.41, 5.74) is 12.0. The van der Waals surface area contributed by atoms with Crippen LogP contribution in [0.15, 0.2) is 60.9 Å². The fraction of sp³-hybridized carbons (Fsp3) is 0.281. The average molecular weight is 475 g/mol. The summed E-state index contributed by atoms with van der Waals surface area (Å²) in [5, 5.41) is 12.0. The Kier molecular flexibility index (Phi) is 5.29. The third-order valence-corrected chi connectivity index (χ3v) is 7.64. The molecule has 3 N–H and O–H groups in total. The van der Waals surface area contributed by atoms with Gasteiger partial charge >= 0.3 is 0 Å². The molecule has 0 saturated carbocycles. The number of hydrogen-bond donors (Lipinski definition) is 3. The van der Waals surface area contributed by atoms with Crippen molar-refractivity contribution < 1.29 is 0 Å². The van der Waals surface area contributed by atoms with Crippen molar-refractivity contribution in [2.75, 3.05) is 0 Å². The van der Waals surface area contributed by atoms with Crippen molar-refractivity contribution in [1.82, 2.24) is 20.2 Å². The maximum Gasteiger partial charge on any atom is 0.101 e. The molecule has 36 heavy (non-hydrogen) atoms. The summed E-state index contributed by atoms with van der Waals surface area (Å²) in [5.74, 6) is 1.32. The van der Waals surface area contributed by atoms with E-state index in [-0.39, 0.29) is 0 Å². The van der Waals surface area contributed by atoms with Gasteiger partial charge in [0.25, 0.3) is 0 Å².